The van der Waals surface area contributed by atoms with Crippen molar-refractivity contribution in [2.24, 2.45) is 0 Å². The number of nitrogens with zero attached hydrogens (tertiary/aromatic N) is 2. The molecule has 0 aliphatic heterocycles. The summed E-state index contributed by atoms with van der Waals surface area (Å²) in [6, 6.07) is 24.0. The molecule has 0 atom stereocenters. The first-order valence-corrected chi connectivity index (χ1v) is 10.8. The highest BCUT2D eigenvalue weighted by Crippen LogP contribution is 2.30. The van der Waals surface area contributed by atoms with Crippen molar-refractivity contribution < 1.29 is 19.4 Å². The molecule has 4 rings (SSSR count). The van der Waals surface area contributed by atoms with Gasteiger partial charge in [-0.05, 0) is 65.9 Å². The van der Waals surface area contributed by atoms with E-state index in [1.165, 1.54) is 0 Å². The predicted octanol–water partition coefficient (Wildman–Crippen LogP) is 4.57. The molecular weight excluding hydrogens is 416 g/mol. The van der Waals surface area contributed by atoms with Crippen molar-refractivity contribution in [2.75, 3.05) is 0 Å². The van der Waals surface area contributed by atoms with Gasteiger partial charge in [0, 0.05) is 18.2 Å². The number of benzene rings is 3. The summed E-state index contributed by atoms with van der Waals surface area (Å²) in [5, 5.41) is 17.9. The Bertz CT molecular complexity index is 1180. The summed E-state index contributed by atoms with van der Waals surface area (Å²) in [4.78, 5) is 25.9. The maximum atomic E-state index is 13.2. The van der Waals surface area contributed by atoms with Gasteiger partial charge in [-0.1, -0.05) is 36.4 Å². The first-order valence-electron chi connectivity index (χ1n) is 10.8. The summed E-state index contributed by atoms with van der Waals surface area (Å²) >= 11 is 0. The van der Waals surface area contributed by atoms with Gasteiger partial charge in [-0.25, -0.2) is 0 Å². The highest BCUT2D eigenvalue weighted by Gasteiger charge is 2.33. The first kappa shape index (κ1) is 22.1. The number of hydrogen-bond donors (Lipinski definition) is 1. The SMILES string of the molecule is N#Cc1ccc(C(=O)N(Cc2ccccc2COc2ccc(CC(=O)O)cc2)C2CC2)cc1. The fourth-order valence-electron chi connectivity index (χ4n) is 3.68. The number of hydrogen-bond acceptors (Lipinski definition) is 4. The third-order valence-corrected chi connectivity index (χ3v) is 5.64. The Hall–Kier alpha value is -4.11. The van der Waals surface area contributed by atoms with Gasteiger partial charge in [0.1, 0.15) is 12.4 Å². The van der Waals surface area contributed by atoms with Gasteiger partial charge in [-0.2, -0.15) is 5.26 Å². The van der Waals surface area contributed by atoms with Crippen molar-refractivity contribution >= 4 is 11.9 Å². The lowest BCUT2D eigenvalue weighted by Gasteiger charge is -2.24. The monoisotopic (exact) mass is 440 g/mol. The van der Waals surface area contributed by atoms with Crippen molar-refractivity contribution in [1.82, 2.24) is 4.90 Å². The Morgan fingerprint density at radius 1 is 0.970 bits per heavy atom. The molecule has 1 fully saturated rings. The van der Waals surface area contributed by atoms with Crippen molar-refractivity contribution in [2.45, 2.75) is 38.5 Å². The minimum atomic E-state index is -0.867. The molecule has 1 aliphatic rings. The topological polar surface area (TPSA) is 90.6 Å². The van der Waals surface area contributed by atoms with Gasteiger partial charge >= 0.3 is 5.97 Å². The van der Waals surface area contributed by atoms with Crippen LogP contribution in [0.15, 0.2) is 72.8 Å². The average molecular weight is 440 g/mol. The summed E-state index contributed by atoms with van der Waals surface area (Å²) < 4.78 is 5.94. The summed E-state index contributed by atoms with van der Waals surface area (Å²) in [6.45, 7) is 0.832. The van der Waals surface area contributed by atoms with E-state index in [1.807, 2.05) is 29.2 Å². The Labute approximate surface area is 192 Å². The Kier molecular flexibility index (Phi) is 6.70. The van der Waals surface area contributed by atoms with Crippen molar-refractivity contribution in [1.29, 1.82) is 5.26 Å². The summed E-state index contributed by atoms with van der Waals surface area (Å²) in [7, 11) is 0. The molecule has 6 nitrogen and oxygen atoms in total. The van der Waals surface area contributed by atoms with E-state index < -0.39 is 5.97 Å². The molecule has 0 heterocycles. The predicted molar refractivity (Wildman–Crippen MR) is 123 cm³/mol. The average Bonchev–Trinajstić information content (AvgIpc) is 3.67. The highest BCUT2D eigenvalue weighted by molar-refractivity contribution is 5.94. The fourth-order valence-corrected chi connectivity index (χ4v) is 3.68. The molecule has 0 bridgehead atoms. The molecule has 3 aromatic carbocycles. The summed E-state index contributed by atoms with van der Waals surface area (Å²) in [5.41, 5.74) is 3.84. The maximum Gasteiger partial charge on any atom is 0.307 e. The Morgan fingerprint density at radius 2 is 1.64 bits per heavy atom. The molecule has 0 unspecified atom stereocenters. The largest absolute Gasteiger partial charge is 0.489 e. The van der Waals surface area contributed by atoms with E-state index in [9.17, 15) is 9.59 Å². The Balaban J connectivity index is 1.46. The molecule has 6 heteroatoms. The van der Waals surface area contributed by atoms with Gasteiger partial charge in [0.15, 0.2) is 0 Å². The van der Waals surface area contributed by atoms with E-state index in [1.54, 1.807) is 48.5 Å². The maximum absolute atomic E-state index is 13.2. The normalized spacial score (nSPS) is 12.6. The van der Waals surface area contributed by atoms with Crippen molar-refractivity contribution in [3.8, 4) is 11.8 Å². The number of carbonyl (C=O) groups excluding carboxylic acids is 1. The molecule has 33 heavy (non-hydrogen) atoms. The number of nitriles is 1. The summed E-state index contributed by atoms with van der Waals surface area (Å²) in [5.74, 6) is -0.244. The smallest absolute Gasteiger partial charge is 0.307 e. The van der Waals surface area contributed by atoms with Crippen LogP contribution < -0.4 is 4.74 Å². The second-order valence-electron chi connectivity index (χ2n) is 8.13. The summed E-state index contributed by atoms with van der Waals surface area (Å²) in [6.07, 6.45) is 1.96. The van der Waals surface area contributed by atoms with E-state index >= 15 is 0 Å². The van der Waals surface area contributed by atoms with Crippen LogP contribution in [0.2, 0.25) is 0 Å². The van der Waals surface area contributed by atoms with E-state index in [2.05, 4.69) is 6.07 Å². The molecule has 1 amide bonds. The number of rotatable bonds is 9. The lowest BCUT2D eigenvalue weighted by atomic mass is 10.1. The number of carboxylic acid groups (broad SMARTS) is 1. The van der Waals surface area contributed by atoms with Crippen LogP contribution in [0.5, 0.6) is 5.75 Å². The first-order chi connectivity index (χ1) is 16.0. The minimum Gasteiger partial charge on any atom is -0.489 e. The number of ether oxygens (including phenoxy) is 1. The van der Waals surface area contributed by atoms with Crippen LogP contribution >= 0.6 is 0 Å². The molecule has 166 valence electrons. The van der Waals surface area contributed by atoms with Crippen LogP contribution in [0.3, 0.4) is 0 Å². The van der Waals surface area contributed by atoms with E-state index in [4.69, 9.17) is 15.1 Å². The van der Waals surface area contributed by atoms with Crippen LogP contribution in [0.4, 0.5) is 0 Å². The quantitative estimate of drug-likeness (QED) is 0.526. The van der Waals surface area contributed by atoms with Gasteiger partial charge in [-0.3, -0.25) is 9.59 Å². The molecule has 0 aromatic heterocycles. The van der Waals surface area contributed by atoms with E-state index in [0.717, 1.165) is 29.5 Å². The standard InChI is InChI=1S/C27H24N2O4/c28-16-20-5-9-21(10-6-20)27(32)29(24-11-12-24)17-22-3-1-2-4-23(22)18-33-25-13-7-19(8-14-25)15-26(30)31/h1-10,13-14,24H,11-12,15,17-18H2,(H,30,31). The van der Waals surface area contributed by atoms with Crippen molar-refractivity contribution in [3.63, 3.8) is 0 Å². The zero-order valence-corrected chi connectivity index (χ0v) is 18.1. The van der Waals surface area contributed by atoms with Gasteiger partial charge < -0.3 is 14.7 Å². The molecular formula is C27H24N2O4. The molecule has 0 spiro atoms. The van der Waals surface area contributed by atoms with Gasteiger partial charge in [0.25, 0.3) is 5.91 Å². The zero-order valence-electron chi connectivity index (χ0n) is 18.1. The molecule has 1 aliphatic carbocycles. The van der Waals surface area contributed by atoms with Crippen LogP contribution in [0.25, 0.3) is 0 Å². The van der Waals surface area contributed by atoms with Gasteiger partial charge in [0.2, 0.25) is 0 Å². The zero-order chi connectivity index (χ0) is 23.2. The van der Waals surface area contributed by atoms with Gasteiger partial charge in [-0.15, -0.1) is 0 Å². The molecule has 0 saturated heterocycles. The van der Waals surface area contributed by atoms with Crippen LogP contribution in [0.1, 0.15) is 45.5 Å². The molecule has 0 radical (unpaired) electrons. The molecule has 3 aromatic rings. The van der Waals surface area contributed by atoms with Gasteiger partial charge in [0.05, 0.1) is 18.1 Å². The number of aliphatic carboxylic acids is 1. The lowest BCUT2D eigenvalue weighted by molar-refractivity contribution is -0.136. The van der Waals surface area contributed by atoms with E-state index in [-0.39, 0.29) is 18.4 Å². The minimum absolute atomic E-state index is 0.0205. The van der Waals surface area contributed by atoms with Crippen molar-refractivity contribution in [3.05, 3.63) is 101 Å². The second-order valence-corrected chi connectivity index (χ2v) is 8.13. The Morgan fingerprint density at radius 3 is 2.24 bits per heavy atom. The molecule has 1 saturated carbocycles. The molecule has 1 N–H and O–H groups in total. The second kappa shape index (κ2) is 10.0. The number of amides is 1. The van der Waals surface area contributed by atoms with Crippen LogP contribution in [-0.2, 0) is 24.4 Å². The highest BCUT2D eigenvalue weighted by atomic mass is 16.5. The van der Waals surface area contributed by atoms with Crippen LogP contribution in [0, 0.1) is 11.3 Å². The third kappa shape index (κ3) is 5.78. The number of carboxylic acids is 1. The van der Waals surface area contributed by atoms with E-state index in [0.29, 0.717) is 30.0 Å². The lowest BCUT2D eigenvalue weighted by Crippen LogP contribution is -2.33. The number of carbonyl (C=O) groups is 2. The third-order valence-electron chi connectivity index (χ3n) is 5.64. The fraction of sp³-hybridized carbons (Fsp3) is 0.222. The van der Waals surface area contributed by atoms with Crippen LogP contribution in [-0.4, -0.2) is 27.9 Å².